The van der Waals surface area contributed by atoms with Crippen LogP contribution in [0.3, 0.4) is 0 Å². The first-order chi connectivity index (χ1) is 8.90. The maximum atomic E-state index is 12.3. The number of hydrogen-bond acceptors (Lipinski definition) is 5. The monoisotopic (exact) mass is 296 g/mol. The summed E-state index contributed by atoms with van der Waals surface area (Å²) in [7, 11) is -3.32. The van der Waals surface area contributed by atoms with Crippen LogP contribution in [0.1, 0.15) is 35.9 Å². The molecule has 0 aliphatic carbocycles. The van der Waals surface area contributed by atoms with E-state index in [0.29, 0.717) is 21.4 Å². The average Bonchev–Trinajstić information content (AvgIpc) is 2.74. The molecule has 4 nitrogen and oxygen atoms in total. The molecule has 0 aliphatic heterocycles. The molecule has 0 unspecified atom stereocenters. The first-order valence-electron chi connectivity index (χ1n) is 6.00. The summed E-state index contributed by atoms with van der Waals surface area (Å²) >= 11 is 1.14. The molecular formula is C13H16N2O2S2. The van der Waals surface area contributed by atoms with Gasteiger partial charge in [-0.15, -0.1) is 5.10 Å². The van der Waals surface area contributed by atoms with Crippen molar-refractivity contribution in [2.45, 2.75) is 37.3 Å². The maximum absolute atomic E-state index is 12.3. The highest BCUT2D eigenvalue weighted by atomic mass is 32.2. The molecule has 6 heteroatoms. The van der Waals surface area contributed by atoms with Crippen LogP contribution in [-0.4, -0.2) is 18.0 Å². The Morgan fingerprint density at radius 2 is 1.84 bits per heavy atom. The Labute approximate surface area is 117 Å². The van der Waals surface area contributed by atoms with E-state index in [1.54, 1.807) is 19.1 Å². The van der Waals surface area contributed by atoms with Gasteiger partial charge in [-0.2, -0.15) is 0 Å². The van der Waals surface area contributed by atoms with Crippen LogP contribution in [0, 0.1) is 6.92 Å². The predicted octanol–water partition coefficient (Wildman–Crippen LogP) is 2.94. The largest absolute Gasteiger partial charge is 0.223 e. The molecule has 0 aliphatic rings. The lowest BCUT2D eigenvalue weighted by molar-refractivity contribution is 0.595. The Morgan fingerprint density at radius 1 is 1.21 bits per heavy atom. The van der Waals surface area contributed by atoms with Crippen molar-refractivity contribution in [1.82, 2.24) is 9.59 Å². The van der Waals surface area contributed by atoms with Gasteiger partial charge in [0, 0.05) is 0 Å². The number of nitrogens with zero attached hydrogens (tertiary/aromatic N) is 2. The Morgan fingerprint density at radius 3 is 2.32 bits per heavy atom. The molecule has 2 aromatic rings. The third-order valence-corrected chi connectivity index (χ3v) is 5.64. The van der Waals surface area contributed by atoms with Crippen LogP contribution in [0.25, 0.3) is 0 Å². The lowest BCUT2D eigenvalue weighted by Crippen LogP contribution is -2.05. The van der Waals surface area contributed by atoms with Crippen LogP contribution >= 0.6 is 11.5 Å². The van der Waals surface area contributed by atoms with E-state index < -0.39 is 9.84 Å². The number of benzene rings is 1. The van der Waals surface area contributed by atoms with Gasteiger partial charge in [0.2, 0.25) is 0 Å². The molecule has 1 aromatic heterocycles. The fourth-order valence-electron chi connectivity index (χ4n) is 1.70. The zero-order chi connectivity index (χ0) is 14.0. The molecule has 19 heavy (non-hydrogen) atoms. The molecule has 0 radical (unpaired) electrons. The first kappa shape index (κ1) is 14.1. The minimum atomic E-state index is -3.32. The maximum Gasteiger partial charge on any atom is 0.183 e. The normalized spacial score (nSPS) is 12.0. The Kier molecular flexibility index (Phi) is 4.01. The highest BCUT2D eigenvalue weighted by Crippen LogP contribution is 2.22. The third-order valence-electron chi connectivity index (χ3n) is 2.97. The minimum Gasteiger partial charge on any atom is -0.223 e. The van der Waals surface area contributed by atoms with Crippen molar-refractivity contribution in [3.8, 4) is 0 Å². The van der Waals surface area contributed by atoms with E-state index in [1.165, 1.54) is 0 Å². The highest BCUT2D eigenvalue weighted by molar-refractivity contribution is 7.90. The predicted molar refractivity (Wildman–Crippen MR) is 76.1 cm³/mol. The van der Waals surface area contributed by atoms with Gasteiger partial charge in [0.05, 0.1) is 21.2 Å². The Bertz CT molecular complexity index is 658. The van der Waals surface area contributed by atoms with E-state index in [1.807, 2.05) is 12.1 Å². The molecule has 102 valence electrons. The van der Waals surface area contributed by atoms with Gasteiger partial charge >= 0.3 is 0 Å². The van der Waals surface area contributed by atoms with Crippen molar-refractivity contribution < 1.29 is 8.42 Å². The SMILES string of the molecule is Cc1nnsc1CS(=O)(=O)c1ccc(C(C)C)cc1. The smallest absolute Gasteiger partial charge is 0.183 e. The summed E-state index contributed by atoms with van der Waals surface area (Å²) in [5, 5.41) is 3.84. The number of aryl methyl sites for hydroxylation is 1. The van der Waals surface area contributed by atoms with Gasteiger partial charge in [0.1, 0.15) is 0 Å². The molecule has 0 spiro atoms. The van der Waals surface area contributed by atoms with Crippen molar-refractivity contribution in [1.29, 1.82) is 0 Å². The zero-order valence-electron chi connectivity index (χ0n) is 11.1. The van der Waals surface area contributed by atoms with Crippen molar-refractivity contribution in [2.24, 2.45) is 0 Å². The quantitative estimate of drug-likeness (QED) is 0.870. The van der Waals surface area contributed by atoms with Gasteiger partial charge in [-0.05, 0) is 42.1 Å². The number of aromatic nitrogens is 2. The van der Waals surface area contributed by atoms with Gasteiger partial charge in [0.15, 0.2) is 9.84 Å². The summed E-state index contributed by atoms with van der Waals surface area (Å²) in [6.07, 6.45) is 0. The number of hydrogen-bond donors (Lipinski definition) is 0. The second-order valence-electron chi connectivity index (χ2n) is 4.76. The van der Waals surface area contributed by atoms with Gasteiger partial charge in [0.25, 0.3) is 0 Å². The van der Waals surface area contributed by atoms with Crippen LogP contribution in [0.2, 0.25) is 0 Å². The summed E-state index contributed by atoms with van der Waals surface area (Å²) in [6.45, 7) is 5.93. The molecule has 0 saturated heterocycles. The lowest BCUT2D eigenvalue weighted by atomic mass is 10.0. The molecule has 0 amide bonds. The van der Waals surface area contributed by atoms with Crippen LogP contribution in [0.15, 0.2) is 29.2 Å². The van der Waals surface area contributed by atoms with E-state index >= 15 is 0 Å². The molecular weight excluding hydrogens is 280 g/mol. The van der Waals surface area contributed by atoms with Crippen molar-refractivity contribution in [3.63, 3.8) is 0 Å². The van der Waals surface area contributed by atoms with E-state index in [4.69, 9.17) is 0 Å². The van der Waals surface area contributed by atoms with E-state index in [-0.39, 0.29) is 5.75 Å². The third kappa shape index (κ3) is 3.19. The summed E-state index contributed by atoms with van der Waals surface area (Å²) in [4.78, 5) is 1.05. The molecule has 0 N–H and O–H groups in total. The second kappa shape index (κ2) is 5.38. The summed E-state index contributed by atoms with van der Waals surface area (Å²) in [5.41, 5.74) is 1.82. The lowest BCUT2D eigenvalue weighted by Gasteiger charge is -2.07. The van der Waals surface area contributed by atoms with E-state index in [0.717, 1.165) is 17.1 Å². The topological polar surface area (TPSA) is 59.9 Å². The molecule has 0 atom stereocenters. The fraction of sp³-hybridized carbons (Fsp3) is 0.385. The second-order valence-corrected chi connectivity index (χ2v) is 7.59. The molecule has 1 aromatic carbocycles. The van der Waals surface area contributed by atoms with Crippen LogP contribution in [-0.2, 0) is 15.6 Å². The Balaban J connectivity index is 2.27. The highest BCUT2D eigenvalue weighted by Gasteiger charge is 2.18. The zero-order valence-corrected chi connectivity index (χ0v) is 12.8. The first-order valence-corrected chi connectivity index (χ1v) is 8.43. The van der Waals surface area contributed by atoms with Crippen LogP contribution < -0.4 is 0 Å². The average molecular weight is 296 g/mol. The summed E-state index contributed by atoms with van der Waals surface area (Å²) in [5.74, 6) is 0.363. The van der Waals surface area contributed by atoms with E-state index in [2.05, 4.69) is 23.4 Å². The van der Waals surface area contributed by atoms with Crippen LogP contribution in [0.5, 0.6) is 0 Å². The molecule has 2 rings (SSSR count). The standard InChI is InChI=1S/C13H16N2O2S2/c1-9(2)11-4-6-12(7-5-11)19(16,17)8-13-10(3)14-15-18-13/h4-7,9H,8H2,1-3H3. The number of sulfone groups is 1. The van der Waals surface area contributed by atoms with Gasteiger partial charge in [-0.25, -0.2) is 8.42 Å². The van der Waals surface area contributed by atoms with Crippen molar-refractivity contribution >= 4 is 21.4 Å². The van der Waals surface area contributed by atoms with E-state index in [9.17, 15) is 8.42 Å². The van der Waals surface area contributed by atoms with Gasteiger partial charge in [-0.1, -0.05) is 30.5 Å². The molecule has 0 fully saturated rings. The minimum absolute atomic E-state index is 0.0302. The summed E-state index contributed by atoms with van der Waals surface area (Å²) in [6, 6.07) is 7.09. The molecule has 1 heterocycles. The Hall–Kier alpha value is -1.27. The van der Waals surface area contributed by atoms with Crippen molar-refractivity contribution in [3.05, 3.63) is 40.4 Å². The van der Waals surface area contributed by atoms with Crippen molar-refractivity contribution in [2.75, 3.05) is 0 Å². The van der Waals surface area contributed by atoms with Gasteiger partial charge in [-0.3, -0.25) is 0 Å². The molecule has 0 saturated carbocycles. The molecule has 0 bridgehead atoms. The summed E-state index contributed by atoms with van der Waals surface area (Å²) < 4.78 is 28.3. The van der Waals surface area contributed by atoms with Gasteiger partial charge < -0.3 is 0 Å². The van der Waals surface area contributed by atoms with Crippen LogP contribution in [0.4, 0.5) is 0 Å². The number of rotatable bonds is 4. The fourth-order valence-corrected chi connectivity index (χ4v) is 4.08.